The highest BCUT2D eigenvalue weighted by Gasteiger charge is 1.88. The van der Waals surface area contributed by atoms with E-state index < -0.39 is 0 Å². The van der Waals surface area contributed by atoms with Crippen LogP contribution in [0, 0.1) is 12.3 Å². The highest BCUT2D eigenvalue weighted by molar-refractivity contribution is 5.76. The molecule has 0 aliphatic carbocycles. The van der Waals surface area contributed by atoms with Gasteiger partial charge < -0.3 is 0 Å². The van der Waals surface area contributed by atoms with Crippen molar-refractivity contribution in [1.82, 2.24) is 10.2 Å². The standard InChI is InChI=1S/C8H4N2/c1-2-4-8-7(3-1)5-6-9-10-8/h1-2,4-5H. The molecule has 0 bridgehead atoms. The molecule has 0 fully saturated rings. The fourth-order valence-corrected chi connectivity index (χ4v) is 0.820. The van der Waals surface area contributed by atoms with Gasteiger partial charge in [0.1, 0.15) is 6.20 Å². The lowest BCUT2D eigenvalue weighted by molar-refractivity contribution is 1.07. The van der Waals surface area contributed by atoms with Gasteiger partial charge in [0.25, 0.3) is 0 Å². The number of nitrogens with zero attached hydrogens (tertiary/aromatic N) is 2. The summed E-state index contributed by atoms with van der Waals surface area (Å²) >= 11 is 0. The molecular formula is C8H4N2. The lowest BCUT2D eigenvalue weighted by Crippen LogP contribution is -1.80. The van der Waals surface area contributed by atoms with Crippen molar-refractivity contribution >= 4 is 10.9 Å². The van der Waals surface area contributed by atoms with E-state index in [1.165, 1.54) is 0 Å². The molecule has 0 saturated carbocycles. The number of fused-ring (bicyclic) bond motifs is 1. The minimum atomic E-state index is 0.862. The molecule has 2 radical (unpaired) electrons. The average Bonchev–Trinajstić information content (AvgIpc) is 2.05. The summed E-state index contributed by atoms with van der Waals surface area (Å²) in [6.45, 7) is 0. The Labute approximate surface area is 58.5 Å². The van der Waals surface area contributed by atoms with Gasteiger partial charge in [0.15, 0.2) is 0 Å². The number of aromatic nitrogens is 2. The molecule has 10 heavy (non-hydrogen) atoms. The number of rotatable bonds is 0. The van der Waals surface area contributed by atoms with Crippen molar-refractivity contribution in [2.24, 2.45) is 0 Å². The highest BCUT2D eigenvalue weighted by atomic mass is 15.1. The van der Waals surface area contributed by atoms with Crippen molar-refractivity contribution in [3.05, 3.63) is 36.5 Å². The Morgan fingerprint density at radius 2 is 2.40 bits per heavy atom. The zero-order chi connectivity index (χ0) is 6.81. The second-order valence-electron chi connectivity index (χ2n) is 1.94. The molecule has 46 valence electrons. The van der Waals surface area contributed by atoms with Crippen LogP contribution in [0.3, 0.4) is 0 Å². The molecule has 0 N–H and O–H groups in total. The van der Waals surface area contributed by atoms with E-state index in [1.807, 2.05) is 18.2 Å². The summed E-state index contributed by atoms with van der Waals surface area (Å²) in [5, 5.41) is 8.42. The van der Waals surface area contributed by atoms with Gasteiger partial charge in [-0.3, -0.25) is 0 Å². The molecular weight excluding hydrogens is 124 g/mol. The van der Waals surface area contributed by atoms with Gasteiger partial charge in [-0.05, 0) is 18.2 Å². The fourth-order valence-electron chi connectivity index (χ4n) is 0.820. The Morgan fingerprint density at radius 1 is 1.40 bits per heavy atom. The molecule has 1 aromatic carbocycles. The van der Waals surface area contributed by atoms with Gasteiger partial charge in [0.2, 0.25) is 0 Å². The predicted octanol–water partition coefficient (Wildman–Crippen LogP) is 1.23. The SMILES string of the molecule is [c]1cc2[c]cccc2nn1. The molecule has 2 rings (SSSR count). The van der Waals surface area contributed by atoms with E-state index in [4.69, 9.17) is 0 Å². The Bertz CT molecular complexity index is 278. The minimum absolute atomic E-state index is 0.862. The summed E-state index contributed by atoms with van der Waals surface area (Å²) in [6, 6.07) is 10.4. The van der Waals surface area contributed by atoms with E-state index in [2.05, 4.69) is 22.5 Å². The number of hydrogen-bond acceptors (Lipinski definition) is 2. The molecule has 0 aliphatic rings. The highest BCUT2D eigenvalue weighted by Crippen LogP contribution is 2.05. The van der Waals surface area contributed by atoms with E-state index in [9.17, 15) is 0 Å². The van der Waals surface area contributed by atoms with Crippen LogP contribution in [-0.2, 0) is 0 Å². The maximum atomic E-state index is 3.84. The Hall–Kier alpha value is -1.44. The second kappa shape index (κ2) is 2.06. The van der Waals surface area contributed by atoms with Crippen molar-refractivity contribution in [3.8, 4) is 0 Å². The first-order valence-corrected chi connectivity index (χ1v) is 2.97. The minimum Gasteiger partial charge on any atom is -0.150 e. The lowest BCUT2D eigenvalue weighted by atomic mass is 10.2. The van der Waals surface area contributed by atoms with E-state index in [0.717, 1.165) is 10.9 Å². The molecule has 2 aromatic rings. The van der Waals surface area contributed by atoms with Gasteiger partial charge in [-0.1, -0.05) is 12.1 Å². The molecule has 0 unspecified atom stereocenters. The molecule has 0 aliphatic heterocycles. The van der Waals surface area contributed by atoms with Crippen molar-refractivity contribution in [2.75, 3.05) is 0 Å². The predicted molar refractivity (Wildman–Crippen MR) is 37.2 cm³/mol. The van der Waals surface area contributed by atoms with Crippen LogP contribution in [0.1, 0.15) is 0 Å². The quantitative estimate of drug-likeness (QED) is 0.533. The molecule has 1 heterocycles. The summed E-state index contributed by atoms with van der Waals surface area (Å²) in [6.07, 6.45) is 2.64. The molecule has 2 heteroatoms. The maximum absolute atomic E-state index is 3.84. The van der Waals surface area contributed by atoms with E-state index in [0.29, 0.717) is 0 Å². The van der Waals surface area contributed by atoms with E-state index in [-0.39, 0.29) is 0 Å². The smallest absolute Gasteiger partial charge is 0.114 e. The van der Waals surface area contributed by atoms with E-state index in [1.54, 1.807) is 6.07 Å². The lowest BCUT2D eigenvalue weighted by Gasteiger charge is -1.89. The zero-order valence-corrected chi connectivity index (χ0v) is 5.20. The van der Waals surface area contributed by atoms with Crippen LogP contribution >= 0.6 is 0 Å². The van der Waals surface area contributed by atoms with Crippen molar-refractivity contribution in [1.29, 1.82) is 0 Å². The first-order valence-electron chi connectivity index (χ1n) is 2.97. The van der Waals surface area contributed by atoms with Crippen LogP contribution < -0.4 is 0 Å². The third kappa shape index (κ3) is 0.739. The first kappa shape index (κ1) is 5.35. The fraction of sp³-hybridized carbons (Fsp3) is 0. The van der Waals surface area contributed by atoms with Crippen LogP contribution in [0.2, 0.25) is 0 Å². The summed E-state index contributed by atoms with van der Waals surface area (Å²) < 4.78 is 0. The summed E-state index contributed by atoms with van der Waals surface area (Å²) in [5.41, 5.74) is 0.862. The maximum Gasteiger partial charge on any atom is 0.114 e. The molecule has 0 spiro atoms. The van der Waals surface area contributed by atoms with Gasteiger partial charge in [0.05, 0.1) is 5.52 Å². The van der Waals surface area contributed by atoms with Gasteiger partial charge in [-0.15, -0.1) is 10.2 Å². The Morgan fingerprint density at radius 3 is 3.30 bits per heavy atom. The summed E-state index contributed by atoms with van der Waals surface area (Å²) in [4.78, 5) is 0. The van der Waals surface area contributed by atoms with Crippen LogP contribution in [0.5, 0.6) is 0 Å². The van der Waals surface area contributed by atoms with Crippen molar-refractivity contribution in [3.63, 3.8) is 0 Å². The van der Waals surface area contributed by atoms with Crippen molar-refractivity contribution < 1.29 is 0 Å². The largest absolute Gasteiger partial charge is 0.150 e. The van der Waals surface area contributed by atoms with Gasteiger partial charge in [-0.2, -0.15) is 0 Å². The third-order valence-electron chi connectivity index (χ3n) is 1.29. The molecule has 0 amide bonds. The Balaban J connectivity index is 2.89. The molecule has 0 saturated heterocycles. The number of benzene rings is 1. The normalized spacial score (nSPS) is 10.0. The monoisotopic (exact) mass is 128 g/mol. The Kier molecular flexibility index (Phi) is 1.10. The summed E-state index contributed by atoms with van der Waals surface area (Å²) in [5.74, 6) is 0. The van der Waals surface area contributed by atoms with Crippen LogP contribution in [0.4, 0.5) is 0 Å². The van der Waals surface area contributed by atoms with Gasteiger partial charge >= 0.3 is 0 Å². The van der Waals surface area contributed by atoms with Gasteiger partial charge in [-0.25, -0.2) is 0 Å². The average molecular weight is 128 g/mol. The van der Waals surface area contributed by atoms with Gasteiger partial charge in [0, 0.05) is 5.39 Å². The van der Waals surface area contributed by atoms with Crippen molar-refractivity contribution in [2.45, 2.75) is 0 Å². The first-order chi connectivity index (χ1) is 4.97. The van der Waals surface area contributed by atoms with E-state index >= 15 is 0 Å². The second-order valence-corrected chi connectivity index (χ2v) is 1.94. The molecule has 2 nitrogen and oxygen atoms in total. The molecule has 1 aromatic heterocycles. The van der Waals surface area contributed by atoms with Crippen LogP contribution in [-0.4, -0.2) is 10.2 Å². The zero-order valence-electron chi connectivity index (χ0n) is 5.20. The van der Waals surface area contributed by atoms with Crippen LogP contribution in [0.15, 0.2) is 24.3 Å². The van der Waals surface area contributed by atoms with Crippen LogP contribution in [0.25, 0.3) is 10.9 Å². The molecule has 0 atom stereocenters. The number of hydrogen-bond donors (Lipinski definition) is 0. The topological polar surface area (TPSA) is 25.8 Å². The third-order valence-corrected chi connectivity index (χ3v) is 1.29. The summed E-state index contributed by atoms with van der Waals surface area (Å²) in [7, 11) is 0.